The topological polar surface area (TPSA) is 27.3 Å². The molecule has 35 heavy (non-hydrogen) atoms. The number of halogens is 6. The number of thiocarbonyl (C=S) groups is 1. The molecule has 200 valence electrons. The van der Waals surface area contributed by atoms with Crippen molar-refractivity contribution in [2.75, 3.05) is 18.4 Å². The second kappa shape index (κ2) is 12.6. The first-order valence-corrected chi connectivity index (χ1v) is 12.7. The van der Waals surface area contributed by atoms with Crippen molar-refractivity contribution < 1.29 is 26.3 Å². The van der Waals surface area contributed by atoms with E-state index >= 15 is 0 Å². The number of benzene rings is 1. The largest absolute Gasteiger partial charge is 0.416 e. The van der Waals surface area contributed by atoms with E-state index in [-0.39, 0.29) is 28.9 Å². The molecule has 0 aliphatic heterocycles. The molecule has 1 aromatic rings. The molecule has 0 amide bonds. The van der Waals surface area contributed by atoms with E-state index in [1.165, 1.54) is 0 Å². The third kappa shape index (κ3) is 9.79. The molecule has 1 aliphatic carbocycles. The van der Waals surface area contributed by atoms with Crippen LogP contribution in [-0.4, -0.2) is 35.2 Å². The van der Waals surface area contributed by atoms with Crippen LogP contribution in [0.3, 0.4) is 0 Å². The molecule has 0 saturated heterocycles. The first-order chi connectivity index (χ1) is 16.2. The van der Waals surface area contributed by atoms with Gasteiger partial charge in [0.1, 0.15) is 0 Å². The Morgan fingerprint density at radius 3 is 1.83 bits per heavy atom. The van der Waals surface area contributed by atoms with E-state index in [1.54, 1.807) is 0 Å². The summed E-state index contributed by atoms with van der Waals surface area (Å²) in [4.78, 5) is 2.48. The van der Waals surface area contributed by atoms with Gasteiger partial charge in [0, 0.05) is 17.8 Å². The van der Waals surface area contributed by atoms with Crippen LogP contribution in [0.2, 0.25) is 0 Å². The standard InChI is InChI=1S/C25H37F6N3S/c1-16(2)9-11-34(12-10-17(3)4)22-8-6-5-7-21(22)33-23(35)32-20-14-18(24(26,27)28)13-19(15-20)25(29,30)31/h13-17,21-22H,5-12H2,1-4H3,(H2,32,33,35)/t21-,22-/m0/s1. The third-order valence-electron chi connectivity index (χ3n) is 6.35. The van der Waals surface area contributed by atoms with Gasteiger partial charge < -0.3 is 10.6 Å². The predicted molar refractivity (Wildman–Crippen MR) is 132 cm³/mol. The van der Waals surface area contributed by atoms with E-state index in [1.807, 2.05) is 0 Å². The first kappa shape index (κ1) is 29.7. The number of hydrogen-bond donors (Lipinski definition) is 2. The Labute approximate surface area is 210 Å². The Hall–Kier alpha value is -1.55. The fourth-order valence-corrected chi connectivity index (χ4v) is 4.64. The highest BCUT2D eigenvalue weighted by atomic mass is 32.1. The van der Waals surface area contributed by atoms with Crippen molar-refractivity contribution in [2.45, 2.75) is 90.7 Å². The Morgan fingerprint density at radius 1 is 0.886 bits per heavy atom. The predicted octanol–water partition coefficient (Wildman–Crippen LogP) is 7.72. The maximum absolute atomic E-state index is 13.2. The quantitative estimate of drug-likeness (QED) is 0.255. The number of alkyl halides is 6. The SMILES string of the molecule is CC(C)CCN(CCC(C)C)[C@H]1CCCC[C@@H]1NC(=S)Nc1cc(C(F)(F)F)cc(C(F)(F)F)c1. The molecule has 3 nitrogen and oxygen atoms in total. The lowest BCUT2D eigenvalue weighted by Gasteiger charge is -2.41. The zero-order valence-electron chi connectivity index (χ0n) is 20.8. The van der Waals surface area contributed by atoms with Gasteiger partial charge >= 0.3 is 12.4 Å². The minimum Gasteiger partial charge on any atom is -0.358 e. The molecule has 1 aromatic carbocycles. The van der Waals surface area contributed by atoms with Gasteiger partial charge in [-0.05, 0) is 81.0 Å². The second-order valence-corrected chi connectivity index (χ2v) is 10.7. The van der Waals surface area contributed by atoms with Crippen LogP contribution in [0.25, 0.3) is 0 Å². The number of rotatable bonds is 9. The highest BCUT2D eigenvalue weighted by Crippen LogP contribution is 2.37. The van der Waals surface area contributed by atoms with Gasteiger partial charge in [0.05, 0.1) is 11.1 Å². The summed E-state index contributed by atoms with van der Waals surface area (Å²) >= 11 is 5.34. The summed E-state index contributed by atoms with van der Waals surface area (Å²) in [6.45, 7) is 10.6. The van der Waals surface area contributed by atoms with Crippen LogP contribution in [0.1, 0.15) is 77.3 Å². The minimum atomic E-state index is -4.91. The van der Waals surface area contributed by atoms with E-state index in [9.17, 15) is 26.3 Å². The fraction of sp³-hybridized carbons (Fsp3) is 0.720. The van der Waals surface area contributed by atoms with E-state index < -0.39 is 23.5 Å². The second-order valence-electron chi connectivity index (χ2n) is 10.3. The maximum Gasteiger partial charge on any atom is 0.416 e. The van der Waals surface area contributed by atoms with Crippen molar-refractivity contribution in [3.05, 3.63) is 29.3 Å². The summed E-state index contributed by atoms with van der Waals surface area (Å²) in [5.41, 5.74) is -3.09. The molecule has 0 aromatic heterocycles. The molecular weight excluding hydrogens is 488 g/mol. The van der Waals surface area contributed by atoms with Gasteiger partial charge in [-0.2, -0.15) is 26.3 Å². The molecule has 0 heterocycles. The zero-order chi connectivity index (χ0) is 26.4. The number of anilines is 1. The van der Waals surface area contributed by atoms with Gasteiger partial charge in [0.2, 0.25) is 0 Å². The van der Waals surface area contributed by atoms with Crippen molar-refractivity contribution in [3.63, 3.8) is 0 Å². The molecule has 0 spiro atoms. The van der Waals surface area contributed by atoms with Crippen LogP contribution in [0.15, 0.2) is 18.2 Å². The van der Waals surface area contributed by atoms with E-state index in [0.29, 0.717) is 24.0 Å². The van der Waals surface area contributed by atoms with Crippen LogP contribution in [-0.2, 0) is 12.4 Å². The fourth-order valence-electron chi connectivity index (χ4n) is 4.37. The van der Waals surface area contributed by atoms with E-state index in [0.717, 1.165) is 51.6 Å². The molecule has 2 rings (SSSR count). The van der Waals surface area contributed by atoms with Crippen molar-refractivity contribution in [3.8, 4) is 0 Å². The van der Waals surface area contributed by atoms with E-state index in [4.69, 9.17) is 12.2 Å². The van der Waals surface area contributed by atoms with Crippen LogP contribution >= 0.6 is 12.2 Å². The first-order valence-electron chi connectivity index (χ1n) is 12.3. The molecule has 2 N–H and O–H groups in total. The average Bonchev–Trinajstić information content (AvgIpc) is 2.72. The van der Waals surface area contributed by atoms with Gasteiger partial charge in [0.15, 0.2) is 5.11 Å². The van der Waals surface area contributed by atoms with Crippen molar-refractivity contribution in [1.29, 1.82) is 0 Å². The van der Waals surface area contributed by atoms with Crippen LogP contribution in [0.5, 0.6) is 0 Å². The summed E-state index contributed by atoms with van der Waals surface area (Å²) in [6, 6.07) is 1.59. The average molecular weight is 526 g/mol. The van der Waals surface area contributed by atoms with Gasteiger partial charge in [-0.1, -0.05) is 40.5 Å². The molecule has 2 atom stereocenters. The molecule has 0 radical (unpaired) electrons. The van der Waals surface area contributed by atoms with Crippen LogP contribution in [0.4, 0.5) is 32.0 Å². The maximum atomic E-state index is 13.2. The molecule has 0 unspecified atom stereocenters. The Balaban J connectivity index is 2.18. The van der Waals surface area contributed by atoms with Gasteiger partial charge in [-0.3, -0.25) is 4.90 Å². The van der Waals surface area contributed by atoms with Crippen molar-refractivity contribution in [1.82, 2.24) is 10.2 Å². The van der Waals surface area contributed by atoms with Gasteiger partial charge in [-0.15, -0.1) is 0 Å². The Morgan fingerprint density at radius 2 is 1.37 bits per heavy atom. The van der Waals surface area contributed by atoms with Crippen LogP contribution < -0.4 is 10.6 Å². The zero-order valence-corrected chi connectivity index (χ0v) is 21.6. The molecular formula is C25H37F6N3S. The minimum absolute atomic E-state index is 0.0296. The third-order valence-corrected chi connectivity index (χ3v) is 6.57. The summed E-state index contributed by atoms with van der Waals surface area (Å²) in [5.74, 6) is 1.11. The molecule has 1 fully saturated rings. The monoisotopic (exact) mass is 525 g/mol. The number of nitrogens with one attached hydrogen (secondary N) is 2. The highest BCUT2D eigenvalue weighted by Gasteiger charge is 2.37. The van der Waals surface area contributed by atoms with Gasteiger partial charge in [0.25, 0.3) is 0 Å². The lowest BCUT2D eigenvalue weighted by Crippen LogP contribution is -2.54. The summed E-state index contributed by atoms with van der Waals surface area (Å²) in [6.07, 6.45) is -3.85. The Kier molecular flexibility index (Phi) is 10.7. The summed E-state index contributed by atoms with van der Waals surface area (Å²) < 4.78 is 79.2. The summed E-state index contributed by atoms with van der Waals surface area (Å²) in [7, 11) is 0. The molecule has 10 heteroatoms. The normalized spacial score (nSPS) is 19.5. The Bertz CT molecular complexity index is 778. The number of nitrogens with zero attached hydrogens (tertiary/aromatic N) is 1. The number of hydrogen-bond acceptors (Lipinski definition) is 2. The van der Waals surface area contributed by atoms with Gasteiger partial charge in [-0.25, -0.2) is 0 Å². The smallest absolute Gasteiger partial charge is 0.358 e. The van der Waals surface area contributed by atoms with Crippen LogP contribution in [0, 0.1) is 11.8 Å². The lowest BCUT2D eigenvalue weighted by molar-refractivity contribution is -0.143. The van der Waals surface area contributed by atoms with Crippen molar-refractivity contribution in [2.24, 2.45) is 11.8 Å². The molecule has 1 aliphatic rings. The molecule has 1 saturated carbocycles. The van der Waals surface area contributed by atoms with Crippen molar-refractivity contribution >= 4 is 23.0 Å². The highest BCUT2D eigenvalue weighted by molar-refractivity contribution is 7.80. The molecule has 0 bridgehead atoms. The summed E-state index contributed by atoms with van der Waals surface area (Å²) in [5, 5.41) is 5.81. The lowest BCUT2D eigenvalue weighted by atomic mass is 9.88. The van der Waals surface area contributed by atoms with E-state index in [2.05, 4.69) is 43.2 Å².